The zero-order valence-corrected chi connectivity index (χ0v) is 16.0. The SMILES string of the molecule is Cc1cc(C)c(S(=O)(=O)N[C@@H](CO)[C@H](O)c2ccc([N+](=O)[O-])cc2)c(C)c1. The number of aryl methyl sites for hydroxylation is 3. The van der Waals surface area contributed by atoms with Crippen molar-refractivity contribution in [2.75, 3.05) is 6.61 Å². The highest BCUT2D eigenvalue weighted by Gasteiger charge is 2.28. The third-order valence-electron chi connectivity index (χ3n) is 4.20. The smallest absolute Gasteiger partial charge is 0.269 e. The van der Waals surface area contributed by atoms with Gasteiger partial charge in [0.1, 0.15) is 0 Å². The average molecular weight is 394 g/mol. The quantitative estimate of drug-likeness (QED) is 0.486. The number of sulfonamides is 1. The maximum Gasteiger partial charge on any atom is 0.269 e. The summed E-state index contributed by atoms with van der Waals surface area (Å²) in [6.45, 7) is 4.56. The number of aliphatic hydroxyl groups is 2. The van der Waals surface area contributed by atoms with Gasteiger partial charge in [-0.1, -0.05) is 17.7 Å². The van der Waals surface area contributed by atoms with Crippen LogP contribution in [0, 0.1) is 30.9 Å². The predicted molar refractivity (Wildman–Crippen MR) is 99.9 cm³/mol. The van der Waals surface area contributed by atoms with Crippen molar-refractivity contribution in [2.45, 2.75) is 37.8 Å². The summed E-state index contributed by atoms with van der Waals surface area (Å²) in [4.78, 5) is 10.2. The molecule has 9 heteroatoms. The van der Waals surface area contributed by atoms with Crippen molar-refractivity contribution in [1.82, 2.24) is 4.72 Å². The highest BCUT2D eigenvalue weighted by molar-refractivity contribution is 7.89. The molecule has 2 aromatic rings. The Balaban J connectivity index is 2.31. The molecule has 0 saturated carbocycles. The summed E-state index contributed by atoms with van der Waals surface area (Å²) in [6, 6.07) is 7.32. The number of non-ortho nitro benzene ring substituents is 1. The molecule has 0 spiro atoms. The van der Waals surface area contributed by atoms with Gasteiger partial charge in [0.2, 0.25) is 10.0 Å². The van der Waals surface area contributed by atoms with E-state index in [4.69, 9.17) is 0 Å². The molecule has 0 fully saturated rings. The summed E-state index contributed by atoms with van der Waals surface area (Å²) in [7, 11) is -4.00. The van der Waals surface area contributed by atoms with Gasteiger partial charge in [-0.2, -0.15) is 0 Å². The minimum Gasteiger partial charge on any atom is -0.395 e. The van der Waals surface area contributed by atoms with Crippen molar-refractivity contribution in [3.05, 3.63) is 68.8 Å². The van der Waals surface area contributed by atoms with E-state index in [-0.39, 0.29) is 16.1 Å². The number of benzene rings is 2. The number of nitrogens with one attached hydrogen (secondary N) is 1. The van der Waals surface area contributed by atoms with Gasteiger partial charge in [0, 0.05) is 12.1 Å². The Morgan fingerprint density at radius 2 is 1.63 bits per heavy atom. The minimum atomic E-state index is -4.00. The van der Waals surface area contributed by atoms with E-state index in [1.807, 2.05) is 6.92 Å². The molecular weight excluding hydrogens is 372 g/mol. The Hall–Kier alpha value is -2.33. The maximum absolute atomic E-state index is 12.8. The van der Waals surface area contributed by atoms with Crippen LogP contribution in [0.3, 0.4) is 0 Å². The molecule has 146 valence electrons. The Kier molecular flexibility index (Phi) is 6.32. The van der Waals surface area contributed by atoms with Crippen LogP contribution in [-0.2, 0) is 10.0 Å². The first-order chi connectivity index (χ1) is 12.6. The van der Waals surface area contributed by atoms with Gasteiger partial charge in [-0.05, 0) is 49.6 Å². The molecule has 3 N–H and O–H groups in total. The molecular formula is C18H22N2O6S. The molecule has 0 unspecified atom stereocenters. The predicted octanol–water partition coefficient (Wildman–Crippen LogP) is 1.89. The van der Waals surface area contributed by atoms with Crippen LogP contribution in [0.25, 0.3) is 0 Å². The molecule has 0 saturated heterocycles. The summed E-state index contributed by atoms with van der Waals surface area (Å²) in [5, 5.41) is 30.8. The molecule has 0 aliphatic carbocycles. The lowest BCUT2D eigenvalue weighted by Gasteiger charge is -2.23. The van der Waals surface area contributed by atoms with Crippen LogP contribution in [0.1, 0.15) is 28.4 Å². The molecule has 0 aromatic heterocycles. The Morgan fingerprint density at radius 1 is 1.11 bits per heavy atom. The minimum absolute atomic E-state index is 0.0995. The van der Waals surface area contributed by atoms with E-state index in [9.17, 15) is 28.7 Å². The number of hydrogen-bond acceptors (Lipinski definition) is 6. The van der Waals surface area contributed by atoms with E-state index in [1.165, 1.54) is 24.3 Å². The fraction of sp³-hybridized carbons (Fsp3) is 0.333. The van der Waals surface area contributed by atoms with Crippen molar-refractivity contribution < 1.29 is 23.6 Å². The second kappa shape index (κ2) is 8.13. The van der Waals surface area contributed by atoms with Crippen molar-refractivity contribution >= 4 is 15.7 Å². The van der Waals surface area contributed by atoms with Crippen LogP contribution in [0.15, 0.2) is 41.3 Å². The highest BCUT2D eigenvalue weighted by Crippen LogP contribution is 2.25. The van der Waals surface area contributed by atoms with Crippen molar-refractivity contribution in [3.63, 3.8) is 0 Å². The molecule has 2 rings (SSSR count). The topological polar surface area (TPSA) is 130 Å². The molecule has 2 atom stereocenters. The van der Waals surface area contributed by atoms with E-state index in [1.54, 1.807) is 26.0 Å². The fourth-order valence-corrected chi connectivity index (χ4v) is 4.76. The van der Waals surface area contributed by atoms with Crippen LogP contribution in [0.4, 0.5) is 5.69 Å². The molecule has 0 aliphatic rings. The Bertz CT molecular complexity index is 918. The zero-order chi connectivity index (χ0) is 20.4. The van der Waals surface area contributed by atoms with E-state index in [2.05, 4.69) is 4.72 Å². The van der Waals surface area contributed by atoms with Gasteiger partial charge in [0.15, 0.2) is 0 Å². The third kappa shape index (κ3) is 4.69. The largest absolute Gasteiger partial charge is 0.395 e. The van der Waals surface area contributed by atoms with Crippen LogP contribution in [0.2, 0.25) is 0 Å². The summed E-state index contributed by atoms with van der Waals surface area (Å²) in [6.07, 6.45) is -1.38. The van der Waals surface area contributed by atoms with Crippen LogP contribution >= 0.6 is 0 Å². The first kappa shape index (κ1) is 21.0. The van der Waals surface area contributed by atoms with E-state index in [0.29, 0.717) is 11.1 Å². The van der Waals surface area contributed by atoms with Crippen LogP contribution in [0.5, 0.6) is 0 Å². The maximum atomic E-state index is 12.8. The number of aliphatic hydroxyl groups excluding tert-OH is 2. The first-order valence-electron chi connectivity index (χ1n) is 8.20. The van der Waals surface area contributed by atoms with Crippen LogP contribution in [-0.4, -0.2) is 36.2 Å². The van der Waals surface area contributed by atoms with Crippen molar-refractivity contribution in [2.24, 2.45) is 0 Å². The van der Waals surface area contributed by atoms with Gasteiger partial charge in [0.05, 0.1) is 28.6 Å². The lowest BCUT2D eigenvalue weighted by molar-refractivity contribution is -0.384. The van der Waals surface area contributed by atoms with Gasteiger partial charge in [-0.15, -0.1) is 0 Å². The van der Waals surface area contributed by atoms with Gasteiger partial charge >= 0.3 is 0 Å². The average Bonchev–Trinajstić information content (AvgIpc) is 2.58. The summed E-state index contributed by atoms with van der Waals surface area (Å²) in [5.74, 6) is 0. The molecule has 0 aliphatic heterocycles. The summed E-state index contributed by atoms with van der Waals surface area (Å²) in [5.41, 5.74) is 2.13. The van der Waals surface area contributed by atoms with E-state index < -0.39 is 33.7 Å². The number of hydrogen-bond donors (Lipinski definition) is 3. The van der Waals surface area contributed by atoms with Crippen LogP contribution < -0.4 is 4.72 Å². The Morgan fingerprint density at radius 3 is 2.07 bits per heavy atom. The third-order valence-corrected chi connectivity index (χ3v) is 6.00. The molecule has 2 aromatic carbocycles. The molecule has 0 bridgehead atoms. The monoisotopic (exact) mass is 394 g/mol. The van der Waals surface area contributed by atoms with Crippen molar-refractivity contribution in [1.29, 1.82) is 0 Å². The second-order valence-electron chi connectivity index (χ2n) is 6.43. The van der Waals surface area contributed by atoms with Gasteiger partial charge in [-0.3, -0.25) is 10.1 Å². The highest BCUT2D eigenvalue weighted by atomic mass is 32.2. The molecule has 0 amide bonds. The standard InChI is InChI=1S/C18H22N2O6S/c1-11-8-12(2)18(13(3)9-11)27(25,26)19-16(10-21)17(22)14-4-6-15(7-5-14)20(23)24/h4-9,16-17,19,21-22H,10H2,1-3H3/t16-,17+/m0/s1. The summed E-state index contributed by atoms with van der Waals surface area (Å²) < 4.78 is 28.0. The van der Waals surface area contributed by atoms with E-state index in [0.717, 1.165) is 5.56 Å². The molecule has 8 nitrogen and oxygen atoms in total. The molecule has 27 heavy (non-hydrogen) atoms. The lowest BCUT2D eigenvalue weighted by atomic mass is 10.0. The van der Waals surface area contributed by atoms with Gasteiger partial charge < -0.3 is 10.2 Å². The number of nitro groups is 1. The lowest BCUT2D eigenvalue weighted by Crippen LogP contribution is -2.42. The summed E-state index contributed by atoms with van der Waals surface area (Å²) >= 11 is 0. The normalized spacial score (nSPS) is 14.0. The van der Waals surface area contributed by atoms with E-state index >= 15 is 0 Å². The first-order valence-corrected chi connectivity index (χ1v) is 9.68. The molecule has 0 heterocycles. The van der Waals surface area contributed by atoms with Gasteiger partial charge in [0.25, 0.3) is 5.69 Å². The number of nitrogens with zero attached hydrogens (tertiary/aromatic N) is 1. The fourth-order valence-electron chi connectivity index (χ4n) is 3.08. The molecule has 0 radical (unpaired) electrons. The number of nitro benzene ring substituents is 1. The Labute approximate surface area is 157 Å². The van der Waals surface area contributed by atoms with Gasteiger partial charge in [-0.25, -0.2) is 13.1 Å². The number of rotatable bonds is 7. The van der Waals surface area contributed by atoms with Crippen molar-refractivity contribution in [3.8, 4) is 0 Å². The second-order valence-corrected chi connectivity index (χ2v) is 8.08. The zero-order valence-electron chi connectivity index (χ0n) is 15.2.